The van der Waals surface area contributed by atoms with Crippen molar-refractivity contribution in [3.63, 3.8) is 0 Å². The van der Waals surface area contributed by atoms with E-state index in [0.29, 0.717) is 5.92 Å². The van der Waals surface area contributed by atoms with Crippen LogP contribution >= 0.6 is 0 Å². The second kappa shape index (κ2) is 1.85. The highest BCUT2D eigenvalue weighted by atomic mass is 14.3. The summed E-state index contributed by atoms with van der Waals surface area (Å²) in [7, 11) is 0. The molecule has 1 fully saturated rings. The zero-order valence-corrected chi connectivity index (χ0v) is 4.98. The molecule has 0 aromatic heterocycles. The van der Waals surface area contributed by atoms with Crippen LogP contribution in [-0.2, 0) is 0 Å². The Labute approximate surface area is 45.9 Å². The number of hydrogen-bond acceptors (Lipinski definition) is 0. The normalized spacial score (nSPS) is 21.0. The molecule has 0 aromatic carbocycles. The molecule has 0 amide bonds. The SMILES string of the molecule is [CH2]C(C)CC1CC1. The minimum Gasteiger partial charge on any atom is -0.0625 e. The maximum Gasteiger partial charge on any atom is -0.0412 e. The van der Waals surface area contributed by atoms with Gasteiger partial charge in [-0.3, -0.25) is 0 Å². The van der Waals surface area contributed by atoms with Gasteiger partial charge in [-0.2, -0.15) is 0 Å². The van der Waals surface area contributed by atoms with Gasteiger partial charge in [-0.25, -0.2) is 0 Å². The van der Waals surface area contributed by atoms with Crippen molar-refractivity contribution < 1.29 is 0 Å². The molecule has 1 aliphatic rings. The van der Waals surface area contributed by atoms with Crippen LogP contribution in [0.15, 0.2) is 0 Å². The molecular weight excluding hydrogens is 84.1 g/mol. The van der Waals surface area contributed by atoms with E-state index in [2.05, 4.69) is 13.8 Å². The molecule has 1 unspecified atom stereocenters. The van der Waals surface area contributed by atoms with Gasteiger partial charge in [-0.05, 0) is 18.3 Å². The fourth-order valence-corrected chi connectivity index (χ4v) is 0.923. The highest BCUT2D eigenvalue weighted by Crippen LogP contribution is 2.34. The molecule has 1 saturated carbocycles. The third kappa shape index (κ3) is 1.96. The lowest BCUT2D eigenvalue weighted by molar-refractivity contribution is 0.588. The van der Waals surface area contributed by atoms with E-state index in [1.807, 2.05) is 0 Å². The fraction of sp³-hybridized carbons (Fsp3) is 0.857. The molecule has 1 rings (SSSR count). The summed E-state index contributed by atoms with van der Waals surface area (Å²) in [6.07, 6.45) is 4.31. The molecule has 7 heavy (non-hydrogen) atoms. The molecule has 0 heteroatoms. The lowest BCUT2D eigenvalue weighted by Crippen LogP contribution is -1.86. The second-order valence-corrected chi connectivity index (χ2v) is 2.78. The maximum absolute atomic E-state index is 3.92. The van der Waals surface area contributed by atoms with Crippen molar-refractivity contribution in [2.45, 2.75) is 26.2 Å². The molecule has 1 radical (unpaired) electrons. The summed E-state index contributed by atoms with van der Waals surface area (Å²) in [5, 5.41) is 0. The van der Waals surface area contributed by atoms with E-state index in [0.717, 1.165) is 5.92 Å². The summed E-state index contributed by atoms with van der Waals surface area (Å²) in [5.74, 6) is 1.75. The predicted molar refractivity (Wildman–Crippen MR) is 31.9 cm³/mol. The molecule has 1 aliphatic carbocycles. The van der Waals surface area contributed by atoms with Crippen molar-refractivity contribution >= 4 is 0 Å². The maximum atomic E-state index is 3.92. The second-order valence-electron chi connectivity index (χ2n) is 2.78. The van der Waals surface area contributed by atoms with Crippen LogP contribution in [0.25, 0.3) is 0 Å². The van der Waals surface area contributed by atoms with E-state index in [-0.39, 0.29) is 0 Å². The number of hydrogen-bond donors (Lipinski definition) is 0. The fourth-order valence-electron chi connectivity index (χ4n) is 0.923. The van der Waals surface area contributed by atoms with Gasteiger partial charge in [-0.15, -0.1) is 0 Å². The Bertz CT molecular complexity index is 51.1. The molecule has 0 aromatic rings. The first-order valence-electron chi connectivity index (χ1n) is 3.12. The van der Waals surface area contributed by atoms with Gasteiger partial charge in [0.1, 0.15) is 0 Å². The van der Waals surface area contributed by atoms with Gasteiger partial charge in [-0.1, -0.05) is 26.7 Å². The van der Waals surface area contributed by atoms with Crippen molar-refractivity contribution in [3.05, 3.63) is 6.92 Å². The van der Waals surface area contributed by atoms with Crippen LogP contribution < -0.4 is 0 Å². The first-order chi connectivity index (χ1) is 3.29. The topological polar surface area (TPSA) is 0 Å². The van der Waals surface area contributed by atoms with E-state index in [1.165, 1.54) is 19.3 Å². The minimum absolute atomic E-state index is 0.688. The Morgan fingerprint density at radius 3 is 2.43 bits per heavy atom. The molecule has 0 nitrogen and oxygen atoms in total. The van der Waals surface area contributed by atoms with Gasteiger partial charge in [0.05, 0.1) is 0 Å². The van der Waals surface area contributed by atoms with Crippen LogP contribution in [0.2, 0.25) is 0 Å². The van der Waals surface area contributed by atoms with Crippen LogP contribution in [0.5, 0.6) is 0 Å². The molecule has 1 atom stereocenters. The smallest absolute Gasteiger partial charge is 0.0412 e. The van der Waals surface area contributed by atoms with E-state index in [1.54, 1.807) is 0 Å². The average molecular weight is 97.2 g/mol. The summed E-state index contributed by atoms with van der Waals surface area (Å²) in [6, 6.07) is 0. The molecule has 0 N–H and O–H groups in total. The summed E-state index contributed by atoms with van der Waals surface area (Å²) in [4.78, 5) is 0. The zero-order valence-electron chi connectivity index (χ0n) is 4.98. The van der Waals surface area contributed by atoms with Gasteiger partial charge in [0.15, 0.2) is 0 Å². The van der Waals surface area contributed by atoms with Gasteiger partial charge >= 0.3 is 0 Å². The Morgan fingerprint density at radius 2 is 2.29 bits per heavy atom. The van der Waals surface area contributed by atoms with Crippen molar-refractivity contribution in [1.82, 2.24) is 0 Å². The third-order valence-corrected chi connectivity index (χ3v) is 1.43. The summed E-state index contributed by atoms with van der Waals surface area (Å²) < 4.78 is 0. The molecule has 0 spiro atoms. The Morgan fingerprint density at radius 1 is 1.71 bits per heavy atom. The Kier molecular flexibility index (Phi) is 1.36. The summed E-state index contributed by atoms with van der Waals surface area (Å²) in [6.45, 7) is 6.11. The Balaban J connectivity index is 1.97. The monoisotopic (exact) mass is 97.1 g/mol. The lowest BCUT2D eigenvalue weighted by Gasteiger charge is -1.97. The largest absolute Gasteiger partial charge is 0.0625 e. The minimum atomic E-state index is 0.688. The third-order valence-electron chi connectivity index (χ3n) is 1.43. The van der Waals surface area contributed by atoms with E-state index in [4.69, 9.17) is 0 Å². The molecule has 0 saturated heterocycles. The molecule has 41 valence electrons. The van der Waals surface area contributed by atoms with Crippen molar-refractivity contribution in [2.75, 3.05) is 0 Å². The first-order valence-corrected chi connectivity index (χ1v) is 3.12. The zero-order chi connectivity index (χ0) is 5.28. The van der Waals surface area contributed by atoms with E-state index in [9.17, 15) is 0 Å². The highest BCUT2D eigenvalue weighted by molar-refractivity contribution is 4.75. The predicted octanol–water partition coefficient (Wildman–Crippen LogP) is 2.26. The van der Waals surface area contributed by atoms with Crippen molar-refractivity contribution in [2.24, 2.45) is 11.8 Å². The van der Waals surface area contributed by atoms with Crippen molar-refractivity contribution in [3.8, 4) is 0 Å². The average Bonchev–Trinajstić information content (AvgIpc) is 2.17. The molecule has 0 aliphatic heterocycles. The Hall–Kier alpha value is 0. The van der Waals surface area contributed by atoms with Crippen LogP contribution in [-0.4, -0.2) is 0 Å². The van der Waals surface area contributed by atoms with Gasteiger partial charge in [0, 0.05) is 0 Å². The first kappa shape index (κ1) is 5.14. The molecular formula is C7H13. The molecule has 0 heterocycles. The van der Waals surface area contributed by atoms with Crippen LogP contribution in [0.1, 0.15) is 26.2 Å². The van der Waals surface area contributed by atoms with Crippen LogP contribution in [0.4, 0.5) is 0 Å². The quantitative estimate of drug-likeness (QED) is 0.495. The standard InChI is InChI=1S/C7H13/c1-6(2)5-7-3-4-7/h6-7H,1,3-5H2,2H3. The molecule has 0 bridgehead atoms. The van der Waals surface area contributed by atoms with Gasteiger partial charge < -0.3 is 0 Å². The van der Waals surface area contributed by atoms with Crippen molar-refractivity contribution in [1.29, 1.82) is 0 Å². The van der Waals surface area contributed by atoms with E-state index < -0.39 is 0 Å². The van der Waals surface area contributed by atoms with Gasteiger partial charge in [0.2, 0.25) is 0 Å². The van der Waals surface area contributed by atoms with Crippen LogP contribution in [0.3, 0.4) is 0 Å². The summed E-state index contributed by atoms with van der Waals surface area (Å²) >= 11 is 0. The van der Waals surface area contributed by atoms with E-state index >= 15 is 0 Å². The van der Waals surface area contributed by atoms with Gasteiger partial charge in [0.25, 0.3) is 0 Å². The summed E-state index contributed by atoms with van der Waals surface area (Å²) in [5.41, 5.74) is 0. The lowest BCUT2D eigenvalue weighted by atomic mass is 10.1. The highest BCUT2D eigenvalue weighted by Gasteiger charge is 2.21. The number of rotatable bonds is 2. The van der Waals surface area contributed by atoms with Crippen LogP contribution in [0, 0.1) is 18.8 Å².